The van der Waals surface area contributed by atoms with Crippen molar-refractivity contribution in [2.24, 2.45) is 17.8 Å². The Morgan fingerprint density at radius 3 is 2.23 bits per heavy atom. The van der Waals surface area contributed by atoms with Gasteiger partial charge in [-0.25, -0.2) is 0 Å². The minimum absolute atomic E-state index is 0.526. The summed E-state index contributed by atoms with van der Waals surface area (Å²) in [6.07, 6.45) is 25.6. The molecule has 0 radical (unpaired) electrons. The van der Waals surface area contributed by atoms with Gasteiger partial charge in [0.25, 0.3) is 0 Å². The Morgan fingerprint density at radius 1 is 0.885 bits per heavy atom. The third-order valence-electron chi connectivity index (χ3n) is 6.45. The van der Waals surface area contributed by atoms with Gasteiger partial charge >= 0.3 is 0 Å². The fraction of sp³-hybridized carbons (Fsp3) is 0.792. The molecule has 0 aromatic rings. The number of allylic oxidation sites excluding steroid dienone is 4. The maximum atomic E-state index is 8.44. The molecule has 26 heavy (non-hydrogen) atoms. The van der Waals surface area contributed by atoms with Crippen molar-refractivity contribution < 1.29 is 4.74 Å². The number of hydrogen-bond donors (Lipinski definition) is 0. The fourth-order valence-electron chi connectivity index (χ4n) is 4.64. The standard InChI is InChI=1S/C24H39NO/c1-2-3-9-21-11-13-23(14-12-21)20-26-24-17-15-22(16-18-24)10-7-5-4-6-8-19-25/h4-6,8,21-24H,2-3,7,9-18,20H2,1H3/b5-4+,8-6+/t21-,22-,23-,24-. The highest BCUT2D eigenvalue weighted by molar-refractivity contribution is 5.11. The van der Waals surface area contributed by atoms with Gasteiger partial charge in [-0.05, 0) is 69.1 Å². The van der Waals surface area contributed by atoms with E-state index in [1.807, 2.05) is 18.2 Å². The molecule has 0 atom stereocenters. The monoisotopic (exact) mass is 357 g/mol. The van der Waals surface area contributed by atoms with Gasteiger partial charge in [0.05, 0.1) is 12.2 Å². The van der Waals surface area contributed by atoms with Crippen LogP contribution in [-0.2, 0) is 4.74 Å². The van der Waals surface area contributed by atoms with Crippen molar-refractivity contribution in [2.75, 3.05) is 6.61 Å². The van der Waals surface area contributed by atoms with Crippen LogP contribution in [0.3, 0.4) is 0 Å². The van der Waals surface area contributed by atoms with Gasteiger partial charge in [-0.15, -0.1) is 0 Å². The molecule has 0 bridgehead atoms. The zero-order valence-electron chi connectivity index (χ0n) is 16.9. The molecule has 2 aliphatic carbocycles. The maximum absolute atomic E-state index is 8.44. The zero-order valence-corrected chi connectivity index (χ0v) is 16.9. The van der Waals surface area contributed by atoms with E-state index < -0.39 is 0 Å². The summed E-state index contributed by atoms with van der Waals surface area (Å²) < 4.78 is 6.30. The predicted octanol–water partition coefficient (Wildman–Crippen LogP) is 6.97. The Bertz CT molecular complexity index is 445. The average Bonchev–Trinajstić information content (AvgIpc) is 2.69. The summed E-state index contributed by atoms with van der Waals surface area (Å²) in [6, 6.07) is 2.01. The molecular weight excluding hydrogens is 318 g/mol. The quantitative estimate of drug-likeness (QED) is 0.312. The highest BCUT2D eigenvalue weighted by Gasteiger charge is 2.24. The number of unbranched alkanes of at least 4 members (excludes halogenated alkanes) is 1. The molecule has 0 N–H and O–H groups in total. The molecule has 2 fully saturated rings. The Kier molecular flexibility index (Phi) is 10.7. The van der Waals surface area contributed by atoms with Crippen LogP contribution in [0.1, 0.15) is 90.4 Å². The van der Waals surface area contributed by atoms with E-state index in [1.54, 1.807) is 0 Å². The Balaban J connectivity index is 1.51. The summed E-state index contributed by atoms with van der Waals surface area (Å²) in [4.78, 5) is 0. The maximum Gasteiger partial charge on any atom is 0.0912 e. The molecule has 2 saturated carbocycles. The summed E-state index contributed by atoms with van der Waals surface area (Å²) in [6.45, 7) is 3.32. The van der Waals surface area contributed by atoms with Crippen LogP contribution in [0.5, 0.6) is 0 Å². The van der Waals surface area contributed by atoms with E-state index in [0.29, 0.717) is 6.10 Å². The van der Waals surface area contributed by atoms with Crippen molar-refractivity contribution >= 4 is 0 Å². The molecule has 2 heteroatoms. The van der Waals surface area contributed by atoms with Crippen molar-refractivity contribution in [3.8, 4) is 6.07 Å². The largest absolute Gasteiger partial charge is 0.378 e. The molecule has 2 nitrogen and oxygen atoms in total. The van der Waals surface area contributed by atoms with Crippen molar-refractivity contribution in [3.05, 3.63) is 24.3 Å². The van der Waals surface area contributed by atoms with Gasteiger partial charge in [-0.3, -0.25) is 0 Å². The molecule has 0 saturated heterocycles. The second-order valence-electron chi connectivity index (χ2n) is 8.50. The molecule has 0 aromatic carbocycles. The second kappa shape index (κ2) is 13.2. The molecule has 0 unspecified atom stereocenters. The highest BCUT2D eigenvalue weighted by atomic mass is 16.5. The smallest absolute Gasteiger partial charge is 0.0912 e. The van der Waals surface area contributed by atoms with E-state index in [1.165, 1.54) is 83.1 Å². The van der Waals surface area contributed by atoms with Gasteiger partial charge in [0.1, 0.15) is 0 Å². The molecule has 146 valence electrons. The topological polar surface area (TPSA) is 33.0 Å². The lowest BCUT2D eigenvalue weighted by Crippen LogP contribution is -2.26. The second-order valence-corrected chi connectivity index (χ2v) is 8.50. The molecule has 0 aromatic heterocycles. The van der Waals surface area contributed by atoms with Crippen molar-refractivity contribution in [1.29, 1.82) is 5.26 Å². The number of rotatable bonds is 10. The summed E-state index contributed by atoms with van der Waals surface area (Å²) in [7, 11) is 0. The van der Waals surface area contributed by atoms with Crippen LogP contribution in [0.25, 0.3) is 0 Å². The lowest BCUT2D eigenvalue weighted by molar-refractivity contribution is -0.0102. The Hall–Kier alpha value is -1.07. The molecule has 2 aliphatic rings. The van der Waals surface area contributed by atoms with Gasteiger partial charge in [0, 0.05) is 12.7 Å². The van der Waals surface area contributed by atoms with E-state index >= 15 is 0 Å². The number of hydrogen-bond acceptors (Lipinski definition) is 2. The lowest BCUT2D eigenvalue weighted by Gasteiger charge is -2.32. The molecule has 2 rings (SSSR count). The van der Waals surface area contributed by atoms with Gasteiger partial charge < -0.3 is 4.74 Å². The zero-order chi connectivity index (χ0) is 18.5. The molecule has 0 aliphatic heterocycles. The lowest BCUT2D eigenvalue weighted by atomic mass is 9.80. The minimum atomic E-state index is 0.526. The molecule has 0 amide bonds. The predicted molar refractivity (Wildman–Crippen MR) is 110 cm³/mol. The van der Waals surface area contributed by atoms with Gasteiger partial charge in [-0.1, -0.05) is 57.3 Å². The van der Waals surface area contributed by atoms with Crippen molar-refractivity contribution in [1.82, 2.24) is 0 Å². The number of ether oxygens (including phenoxy) is 1. The van der Waals surface area contributed by atoms with Crippen LogP contribution in [0.15, 0.2) is 24.3 Å². The molecular formula is C24H39NO. The summed E-state index contributed by atoms with van der Waals surface area (Å²) in [5.74, 6) is 2.71. The van der Waals surface area contributed by atoms with Crippen LogP contribution >= 0.6 is 0 Å². The first-order valence-electron chi connectivity index (χ1n) is 11.1. The van der Waals surface area contributed by atoms with Crippen LogP contribution in [-0.4, -0.2) is 12.7 Å². The van der Waals surface area contributed by atoms with Gasteiger partial charge in [-0.2, -0.15) is 5.26 Å². The molecule has 0 spiro atoms. The van der Waals surface area contributed by atoms with Crippen molar-refractivity contribution in [3.63, 3.8) is 0 Å². The summed E-state index contributed by atoms with van der Waals surface area (Å²) in [5.41, 5.74) is 0. The first-order valence-corrected chi connectivity index (χ1v) is 11.1. The Morgan fingerprint density at radius 2 is 1.54 bits per heavy atom. The summed E-state index contributed by atoms with van der Waals surface area (Å²) in [5, 5.41) is 8.44. The first kappa shape index (κ1) is 21.2. The van der Waals surface area contributed by atoms with Crippen molar-refractivity contribution in [2.45, 2.75) is 96.5 Å². The van der Waals surface area contributed by atoms with E-state index in [2.05, 4.69) is 13.0 Å². The van der Waals surface area contributed by atoms with E-state index in [4.69, 9.17) is 10.00 Å². The van der Waals surface area contributed by atoms with E-state index in [0.717, 1.165) is 30.8 Å². The van der Waals surface area contributed by atoms with Crippen LogP contribution in [0.2, 0.25) is 0 Å². The average molecular weight is 358 g/mol. The highest BCUT2D eigenvalue weighted by Crippen LogP contribution is 2.34. The van der Waals surface area contributed by atoms with Crippen LogP contribution < -0.4 is 0 Å². The van der Waals surface area contributed by atoms with Gasteiger partial charge in [0.15, 0.2) is 0 Å². The normalized spacial score (nSPS) is 30.0. The SMILES string of the molecule is CCCC[C@H]1CC[C@H](CO[C@H]2CC[C@H](CC/C=C/C=C/C#N)CC2)CC1. The number of nitrogens with zero attached hydrogens (tertiary/aromatic N) is 1. The van der Waals surface area contributed by atoms with Crippen LogP contribution in [0, 0.1) is 29.1 Å². The first-order chi connectivity index (χ1) is 12.8. The van der Waals surface area contributed by atoms with Crippen LogP contribution in [0.4, 0.5) is 0 Å². The fourth-order valence-corrected chi connectivity index (χ4v) is 4.64. The molecule has 0 heterocycles. The van der Waals surface area contributed by atoms with Gasteiger partial charge in [0.2, 0.25) is 0 Å². The van der Waals surface area contributed by atoms with E-state index in [-0.39, 0.29) is 0 Å². The minimum Gasteiger partial charge on any atom is -0.378 e. The Labute approximate surface area is 161 Å². The third-order valence-corrected chi connectivity index (χ3v) is 6.45. The van der Waals surface area contributed by atoms with E-state index in [9.17, 15) is 0 Å². The third kappa shape index (κ3) is 8.54. The number of nitriles is 1. The summed E-state index contributed by atoms with van der Waals surface area (Å²) >= 11 is 0.